The fourth-order valence-corrected chi connectivity index (χ4v) is 7.83. The molecule has 11 rings (SSSR count). The topological polar surface area (TPSA) is 77.8 Å². The molecule has 0 aliphatic heterocycles. The van der Waals surface area contributed by atoms with Gasteiger partial charge in [0.1, 0.15) is 16.7 Å². The molecule has 3 aromatic heterocycles. The quantitative estimate of drug-likeness (QED) is 0.170. The van der Waals surface area contributed by atoms with Crippen LogP contribution in [0.2, 0.25) is 0 Å². The van der Waals surface area contributed by atoms with Crippen LogP contribution in [0.1, 0.15) is 0 Å². The second kappa shape index (κ2) is 13.0. The fraction of sp³-hybridized carbons (Fsp3) is 0. The van der Waals surface area contributed by atoms with Gasteiger partial charge in [-0.25, -0.2) is 19.9 Å². The minimum atomic E-state index is 0.561. The zero-order chi connectivity index (χ0) is 37.0. The molecule has 0 fully saturated rings. The Morgan fingerprint density at radius 2 is 0.893 bits per heavy atom. The predicted molar refractivity (Wildman–Crippen MR) is 225 cm³/mol. The molecule has 0 radical (unpaired) electrons. The van der Waals surface area contributed by atoms with Crippen LogP contribution < -0.4 is 0 Å². The van der Waals surface area contributed by atoms with Crippen molar-refractivity contribution in [3.63, 3.8) is 0 Å². The molecule has 56 heavy (non-hydrogen) atoms. The third-order valence-electron chi connectivity index (χ3n) is 10.4. The highest BCUT2D eigenvalue weighted by Gasteiger charge is 2.23. The lowest BCUT2D eigenvalue weighted by Crippen LogP contribution is -2.00. The van der Waals surface area contributed by atoms with Crippen LogP contribution >= 0.6 is 0 Å². The Kier molecular flexibility index (Phi) is 7.38. The summed E-state index contributed by atoms with van der Waals surface area (Å²) in [5.41, 5.74) is 10.6. The Hall–Kier alpha value is -7.70. The SMILES string of the molecule is c1ccc(-c2nc(-c3ccccc3)nc(-c3cccc4oc5cccc(-c6cccc7nc(-c8c(-c9ccccc9)ccc9ccccc89)oc67)c5c34)n2)cc1. The van der Waals surface area contributed by atoms with Gasteiger partial charge in [0.2, 0.25) is 5.89 Å². The van der Waals surface area contributed by atoms with E-state index in [0.29, 0.717) is 28.9 Å². The summed E-state index contributed by atoms with van der Waals surface area (Å²) in [4.78, 5) is 20.3. The number of para-hydroxylation sites is 1. The van der Waals surface area contributed by atoms with Gasteiger partial charge >= 0.3 is 0 Å². The molecular formula is C50H30N4O2. The van der Waals surface area contributed by atoms with E-state index >= 15 is 0 Å². The van der Waals surface area contributed by atoms with Crippen molar-refractivity contribution in [1.82, 2.24) is 19.9 Å². The van der Waals surface area contributed by atoms with Crippen LogP contribution in [0.25, 0.3) is 112 Å². The first-order valence-corrected chi connectivity index (χ1v) is 18.6. The number of furan rings is 1. The molecular weight excluding hydrogens is 689 g/mol. The molecule has 0 amide bonds. The lowest BCUT2D eigenvalue weighted by molar-refractivity contribution is 0.622. The maximum Gasteiger partial charge on any atom is 0.228 e. The summed E-state index contributed by atoms with van der Waals surface area (Å²) in [6.07, 6.45) is 0. The number of oxazole rings is 1. The molecule has 262 valence electrons. The van der Waals surface area contributed by atoms with Crippen molar-refractivity contribution in [1.29, 1.82) is 0 Å². The van der Waals surface area contributed by atoms with Crippen LogP contribution in [0.15, 0.2) is 191 Å². The maximum atomic E-state index is 6.92. The van der Waals surface area contributed by atoms with Gasteiger partial charge in [-0.2, -0.15) is 0 Å². The lowest BCUT2D eigenvalue weighted by Gasteiger charge is -2.11. The molecule has 0 saturated carbocycles. The number of benzene rings is 8. The summed E-state index contributed by atoms with van der Waals surface area (Å²) in [5.74, 6) is 2.33. The number of aromatic nitrogens is 4. The van der Waals surface area contributed by atoms with Gasteiger partial charge in [-0.3, -0.25) is 0 Å². The van der Waals surface area contributed by atoms with Crippen molar-refractivity contribution < 1.29 is 8.83 Å². The minimum Gasteiger partial charge on any atom is -0.456 e. The lowest BCUT2D eigenvalue weighted by atomic mass is 9.94. The van der Waals surface area contributed by atoms with E-state index in [9.17, 15) is 0 Å². The van der Waals surface area contributed by atoms with Gasteiger partial charge in [-0.05, 0) is 45.7 Å². The smallest absolute Gasteiger partial charge is 0.228 e. The summed E-state index contributed by atoms with van der Waals surface area (Å²) in [6.45, 7) is 0. The molecule has 0 aliphatic rings. The van der Waals surface area contributed by atoms with Crippen molar-refractivity contribution in [3.8, 4) is 67.9 Å². The number of hydrogen-bond acceptors (Lipinski definition) is 6. The molecule has 3 heterocycles. The Bertz CT molecular complexity index is 3190. The van der Waals surface area contributed by atoms with Gasteiger partial charge in [-0.15, -0.1) is 0 Å². The highest BCUT2D eigenvalue weighted by atomic mass is 16.3. The van der Waals surface area contributed by atoms with Gasteiger partial charge in [0.25, 0.3) is 0 Å². The number of rotatable bonds is 6. The monoisotopic (exact) mass is 718 g/mol. The molecule has 0 N–H and O–H groups in total. The Morgan fingerprint density at radius 1 is 0.339 bits per heavy atom. The van der Waals surface area contributed by atoms with Gasteiger partial charge in [0, 0.05) is 33.0 Å². The first kappa shape index (κ1) is 31.8. The third kappa shape index (κ3) is 5.27. The van der Waals surface area contributed by atoms with Crippen molar-refractivity contribution in [2.75, 3.05) is 0 Å². The first-order chi connectivity index (χ1) is 27.8. The van der Waals surface area contributed by atoms with E-state index in [1.54, 1.807) is 0 Å². The van der Waals surface area contributed by atoms with Crippen LogP contribution in [0.4, 0.5) is 0 Å². The Labute approximate surface area is 321 Å². The minimum absolute atomic E-state index is 0.561. The second-order valence-electron chi connectivity index (χ2n) is 13.7. The standard InChI is InChI=1S/C50H30N4O2/c1-4-15-31(16-5-1)36-30-29-32-17-10-11-22-35(32)43(36)50-51-40-26-12-24-38(46(40)56-50)37-23-13-27-41-44(37)45-39(25-14-28-42(45)55-41)49-53-47(33-18-6-2-7-19-33)52-48(54-49)34-20-8-3-9-21-34/h1-30H. The molecule has 0 spiro atoms. The number of nitrogens with zero attached hydrogens (tertiary/aromatic N) is 4. The zero-order valence-electron chi connectivity index (χ0n) is 29.9. The van der Waals surface area contributed by atoms with Gasteiger partial charge in [0.05, 0.1) is 5.56 Å². The van der Waals surface area contributed by atoms with Crippen LogP contribution in [0.5, 0.6) is 0 Å². The Morgan fingerprint density at radius 3 is 1.59 bits per heavy atom. The maximum absolute atomic E-state index is 6.92. The molecule has 0 saturated heterocycles. The molecule has 0 aliphatic carbocycles. The average molecular weight is 719 g/mol. The summed E-state index contributed by atoms with van der Waals surface area (Å²) >= 11 is 0. The fourth-order valence-electron chi connectivity index (χ4n) is 7.83. The van der Waals surface area contributed by atoms with Crippen LogP contribution in [-0.4, -0.2) is 19.9 Å². The van der Waals surface area contributed by atoms with Crippen molar-refractivity contribution >= 4 is 43.8 Å². The van der Waals surface area contributed by atoms with E-state index in [2.05, 4.69) is 78.9 Å². The molecule has 8 aromatic carbocycles. The van der Waals surface area contributed by atoms with Crippen LogP contribution in [0, 0.1) is 0 Å². The molecule has 0 bridgehead atoms. The van der Waals surface area contributed by atoms with Gasteiger partial charge in [-0.1, -0.05) is 164 Å². The van der Waals surface area contributed by atoms with Gasteiger partial charge in [0.15, 0.2) is 23.1 Å². The summed E-state index contributed by atoms with van der Waals surface area (Å²) in [5, 5.41) is 4.06. The van der Waals surface area contributed by atoms with Crippen LogP contribution in [0.3, 0.4) is 0 Å². The summed E-state index contributed by atoms with van der Waals surface area (Å²) < 4.78 is 13.5. The van der Waals surface area contributed by atoms with Crippen LogP contribution in [-0.2, 0) is 0 Å². The average Bonchev–Trinajstić information content (AvgIpc) is 3.89. The van der Waals surface area contributed by atoms with Crippen molar-refractivity contribution in [2.45, 2.75) is 0 Å². The first-order valence-electron chi connectivity index (χ1n) is 18.6. The van der Waals surface area contributed by atoms with Crippen molar-refractivity contribution in [2.24, 2.45) is 0 Å². The predicted octanol–water partition coefficient (Wildman–Crippen LogP) is 13.1. The van der Waals surface area contributed by atoms with Crippen molar-refractivity contribution in [3.05, 3.63) is 182 Å². The number of fused-ring (bicyclic) bond motifs is 5. The molecule has 6 nitrogen and oxygen atoms in total. The molecule has 0 unspecified atom stereocenters. The highest BCUT2D eigenvalue weighted by molar-refractivity contribution is 6.19. The molecule has 0 atom stereocenters. The largest absolute Gasteiger partial charge is 0.456 e. The van der Waals surface area contributed by atoms with Gasteiger partial charge < -0.3 is 8.83 Å². The summed E-state index contributed by atoms with van der Waals surface area (Å²) in [6, 6.07) is 61.5. The molecule has 6 heteroatoms. The molecule has 11 aromatic rings. The second-order valence-corrected chi connectivity index (χ2v) is 13.7. The van der Waals surface area contributed by atoms with E-state index < -0.39 is 0 Å². The zero-order valence-corrected chi connectivity index (χ0v) is 29.9. The van der Waals surface area contributed by atoms with E-state index in [1.165, 1.54) is 0 Å². The normalized spacial score (nSPS) is 11.6. The van der Waals surface area contributed by atoms with E-state index in [-0.39, 0.29) is 0 Å². The highest BCUT2D eigenvalue weighted by Crippen LogP contribution is 2.45. The van der Waals surface area contributed by atoms with E-state index in [1.807, 2.05) is 103 Å². The Balaban J connectivity index is 1.14. The van der Waals surface area contributed by atoms with E-state index in [4.69, 9.17) is 28.8 Å². The summed E-state index contributed by atoms with van der Waals surface area (Å²) in [7, 11) is 0. The number of hydrogen-bond donors (Lipinski definition) is 0. The van der Waals surface area contributed by atoms with E-state index in [0.717, 1.165) is 82.7 Å². The third-order valence-corrected chi connectivity index (χ3v) is 10.4.